The van der Waals surface area contributed by atoms with E-state index in [1.165, 1.54) is 31.2 Å². The maximum Gasteiger partial charge on any atom is 0.0717 e. The van der Waals surface area contributed by atoms with Crippen LogP contribution in [-0.4, -0.2) is 13.2 Å². The second-order valence-electron chi connectivity index (χ2n) is 5.19. The third-order valence-corrected chi connectivity index (χ3v) is 4.35. The third-order valence-electron chi connectivity index (χ3n) is 3.86. The molecular formula is C15H22BrNO. The molecule has 2 rings (SSSR count). The Morgan fingerprint density at radius 1 is 1.22 bits per heavy atom. The zero-order valence-corrected chi connectivity index (χ0v) is 12.4. The van der Waals surface area contributed by atoms with Crippen molar-refractivity contribution in [3.63, 3.8) is 0 Å². The molecule has 1 aliphatic carbocycles. The van der Waals surface area contributed by atoms with Gasteiger partial charge in [-0.15, -0.1) is 0 Å². The number of halogens is 1. The Kier molecular flexibility index (Phi) is 5.67. The SMILES string of the molecule is NCC1CCCCC1COCc1cccc(Br)c1. The highest BCUT2D eigenvalue weighted by atomic mass is 79.9. The fourth-order valence-corrected chi connectivity index (χ4v) is 3.22. The summed E-state index contributed by atoms with van der Waals surface area (Å²) in [5.41, 5.74) is 7.06. The van der Waals surface area contributed by atoms with E-state index in [0.29, 0.717) is 18.4 Å². The van der Waals surface area contributed by atoms with Crippen LogP contribution in [0, 0.1) is 11.8 Å². The summed E-state index contributed by atoms with van der Waals surface area (Å²) in [6.07, 6.45) is 5.23. The predicted octanol–water partition coefficient (Wildman–Crippen LogP) is 3.73. The van der Waals surface area contributed by atoms with Gasteiger partial charge < -0.3 is 10.5 Å². The van der Waals surface area contributed by atoms with Crippen LogP contribution in [-0.2, 0) is 11.3 Å². The average molecular weight is 312 g/mol. The second-order valence-corrected chi connectivity index (χ2v) is 6.10. The summed E-state index contributed by atoms with van der Waals surface area (Å²) < 4.78 is 6.98. The number of hydrogen-bond acceptors (Lipinski definition) is 2. The molecule has 0 aromatic heterocycles. The second kappa shape index (κ2) is 7.27. The molecule has 0 radical (unpaired) electrons. The van der Waals surface area contributed by atoms with Crippen LogP contribution in [0.3, 0.4) is 0 Å². The van der Waals surface area contributed by atoms with E-state index in [2.05, 4.69) is 28.1 Å². The highest BCUT2D eigenvalue weighted by Crippen LogP contribution is 2.29. The number of benzene rings is 1. The number of rotatable bonds is 5. The van der Waals surface area contributed by atoms with Gasteiger partial charge in [0.1, 0.15) is 0 Å². The number of ether oxygens (including phenoxy) is 1. The van der Waals surface area contributed by atoms with Crippen molar-refractivity contribution < 1.29 is 4.74 Å². The molecule has 3 heteroatoms. The zero-order chi connectivity index (χ0) is 12.8. The standard InChI is InChI=1S/C15H22BrNO/c16-15-7-3-4-12(8-15)10-18-11-14-6-2-1-5-13(14)9-17/h3-4,7-8,13-14H,1-2,5-6,9-11,17H2. The summed E-state index contributed by atoms with van der Waals surface area (Å²) in [5.74, 6) is 1.33. The molecule has 0 heterocycles. The molecule has 1 aromatic rings. The molecular weight excluding hydrogens is 290 g/mol. The minimum Gasteiger partial charge on any atom is -0.376 e. The largest absolute Gasteiger partial charge is 0.376 e. The van der Waals surface area contributed by atoms with E-state index in [4.69, 9.17) is 10.5 Å². The van der Waals surface area contributed by atoms with Gasteiger partial charge in [-0.2, -0.15) is 0 Å². The van der Waals surface area contributed by atoms with Crippen LogP contribution in [0.1, 0.15) is 31.2 Å². The first-order chi connectivity index (χ1) is 8.79. The minimum absolute atomic E-state index is 0.663. The van der Waals surface area contributed by atoms with Crippen LogP contribution < -0.4 is 5.73 Å². The van der Waals surface area contributed by atoms with E-state index in [9.17, 15) is 0 Å². The lowest BCUT2D eigenvalue weighted by Crippen LogP contribution is -2.29. The highest BCUT2D eigenvalue weighted by Gasteiger charge is 2.23. The molecule has 0 saturated heterocycles. The van der Waals surface area contributed by atoms with Crippen molar-refractivity contribution in [2.24, 2.45) is 17.6 Å². The van der Waals surface area contributed by atoms with Crippen molar-refractivity contribution in [2.45, 2.75) is 32.3 Å². The van der Waals surface area contributed by atoms with E-state index in [0.717, 1.165) is 17.6 Å². The first kappa shape index (κ1) is 14.0. The number of hydrogen-bond donors (Lipinski definition) is 1. The van der Waals surface area contributed by atoms with Gasteiger partial charge in [-0.25, -0.2) is 0 Å². The maximum absolute atomic E-state index is 5.87. The van der Waals surface area contributed by atoms with Crippen molar-refractivity contribution in [3.05, 3.63) is 34.3 Å². The maximum atomic E-state index is 5.87. The van der Waals surface area contributed by atoms with Crippen LogP contribution in [0.4, 0.5) is 0 Å². The van der Waals surface area contributed by atoms with Crippen molar-refractivity contribution in [1.82, 2.24) is 0 Å². The van der Waals surface area contributed by atoms with Crippen molar-refractivity contribution >= 4 is 15.9 Å². The van der Waals surface area contributed by atoms with Gasteiger partial charge in [0.15, 0.2) is 0 Å². The summed E-state index contributed by atoms with van der Waals surface area (Å²) in [6.45, 7) is 2.37. The molecule has 1 fully saturated rings. The molecule has 2 N–H and O–H groups in total. The Morgan fingerprint density at radius 3 is 2.72 bits per heavy atom. The highest BCUT2D eigenvalue weighted by molar-refractivity contribution is 9.10. The van der Waals surface area contributed by atoms with E-state index >= 15 is 0 Å². The smallest absolute Gasteiger partial charge is 0.0717 e. The van der Waals surface area contributed by atoms with Crippen molar-refractivity contribution in [3.8, 4) is 0 Å². The molecule has 2 unspecified atom stereocenters. The van der Waals surface area contributed by atoms with Crippen LogP contribution in [0.2, 0.25) is 0 Å². The fraction of sp³-hybridized carbons (Fsp3) is 0.600. The Bertz CT molecular complexity index is 369. The third kappa shape index (κ3) is 4.08. The summed E-state index contributed by atoms with van der Waals surface area (Å²) in [4.78, 5) is 0. The molecule has 1 aromatic carbocycles. The topological polar surface area (TPSA) is 35.2 Å². The minimum atomic E-state index is 0.663. The lowest BCUT2D eigenvalue weighted by atomic mass is 9.80. The van der Waals surface area contributed by atoms with Gasteiger partial charge in [-0.05, 0) is 48.9 Å². The van der Waals surface area contributed by atoms with Crippen LogP contribution in [0.5, 0.6) is 0 Å². The van der Waals surface area contributed by atoms with E-state index in [1.807, 2.05) is 12.1 Å². The molecule has 0 aliphatic heterocycles. The summed E-state index contributed by atoms with van der Waals surface area (Å²) in [7, 11) is 0. The summed E-state index contributed by atoms with van der Waals surface area (Å²) in [5, 5.41) is 0. The van der Waals surface area contributed by atoms with E-state index in [1.54, 1.807) is 0 Å². The Balaban J connectivity index is 1.77. The molecule has 18 heavy (non-hydrogen) atoms. The normalized spacial score (nSPS) is 24.1. The predicted molar refractivity (Wildman–Crippen MR) is 78.3 cm³/mol. The van der Waals surface area contributed by atoms with Crippen LogP contribution >= 0.6 is 15.9 Å². The van der Waals surface area contributed by atoms with Gasteiger partial charge in [-0.1, -0.05) is 40.9 Å². The average Bonchev–Trinajstić information content (AvgIpc) is 2.39. The number of nitrogens with two attached hydrogens (primary N) is 1. The van der Waals surface area contributed by atoms with Crippen molar-refractivity contribution in [1.29, 1.82) is 0 Å². The Hall–Kier alpha value is -0.380. The molecule has 2 atom stereocenters. The Morgan fingerprint density at radius 2 is 2.00 bits per heavy atom. The van der Waals surface area contributed by atoms with Crippen LogP contribution in [0.25, 0.3) is 0 Å². The molecule has 0 spiro atoms. The lowest BCUT2D eigenvalue weighted by Gasteiger charge is -2.30. The van der Waals surface area contributed by atoms with Gasteiger partial charge in [0.2, 0.25) is 0 Å². The van der Waals surface area contributed by atoms with E-state index < -0.39 is 0 Å². The summed E-state index contributed by atoms with van der Waals surface area (Å²) in [6, 6.07) is 8.30. The monoisotopic (exact) mass is 311 g/mol. The fourth-order valence-electron chi connectivity index (χ4n) is 2.77. The molecule has 1 aliphatic rings. The quantitative estimate of drug-likeness (QED) is 0.899. The van der Waals surface area contributed by atoms with Gasteiger partial charge in [0.25, 0.3) is 0 Å². The molecule has 2 nitrogen and oxygen atoms in total. The van der Waals surface area contributed by atoms with Crippen molar-refractivity contribution in [2.75, 3.05) is 13.2 Å². The molecule has 1 saturated carbocycles. The van der Waals surface area contributed by atoms with Gasteiger partial charge >= 0.3 is 0 Å². The first-order valence-corrected chi connectivity index (χ1v) is 7.61. The molecule has 100 valence electrons. The lowest BCUT2D eigenvalue weighted by molar-refractivity contribution is 0.0512. The van der Waals surface area contributed by atoms with Crippen LogP contribution in [0.15, 0.2) is 28.7 Å². The van der Waals surface area contributed by atoms with Gasteiger partial charge in [0.05, 0.1) is 13.2 Å². The Labute approximate surface area is 118 Å². The molecule has 0 bridgehead atoms. The van der Waals surface area contributed by atoms with E-state index in [-0.39, 0.29) is 0 Å². The van der Waals surface area contributed by atoms with Gasteiger partial charge in [0, 0.05) is 4.47 Å². The zero-order valence-electron chi connectivity index (χ0n) is 10.8. The first-order valence-electron chi connectivity index (χ1n) is 6.82. The van der Waals surface area contributed by atoms with Gasteiger partial charge in [-0.3, -0.25) is 0 Å². The molecule has 0 amide bonds. The summed E-state index contributed by atoms with van der Waals surface area (Å²) >= 11 is 3.48.